The van der Waals surface area contributed by atoms with Crippen LogP contribution < -0.4 is 43.4 Å². The SMILES string of the molecule is CC(C)CO/N=C/C(=O)NCCCC[C@@H]1NC(=O)[C@@H](Cc2ccccc2)NC(=O)[C@H](CC(=O)O)NC(=O)CNC(=O)[C@H](CCCN=C(N)N)NC1=O. The number of carbonyl (C=O) groups is 7. The van der Waals surface area contributed by atoms with Crippen molar-refractivity contribution in [2.45, 2.75) is 83.0 Å². The molecule has 1 aliphatic heterocycles. The van der Waals surface area contributed by atoms with Crippen molar-refractivity contribution in [3.63, 3.8) is 0 Å². The number of rotatable bonds is 17. The van der Waals surface area contributed by atoms with Crippen LogP contribution in [0.2, 0.25) is 0 Å². The van der Waals surface area contributed by atoms with E-state index in [1.807, 2.05) is 13.8 Å². The van der Waals surface area contributed by atoms with Gasteiger partial charge < -0.3 is 53.3 Å². The normalized spacial score (nSPS) is 20.3. The number of guanidine groups is 1. The molecule has 19 nitrogen and oxygen atoms in total. The number of carboxylic acids is 1. The second kappa shape index (κ2) is 22.9. The Morgan fingerprint density at radius 2 is 1.50 bits per heavy atom. The highest BCUT2D eigenvalue weighted by atomic mass is 16.6. The van der Waals surface area contributed by atoms with Crippen molar-refractivity contribution in [3.8, 4) is 0 Å². The van der Waals surface area contributed by atoms with Crippen LogP contribution in [0.5, 0.6) is 0 Å². The number of benzene rings is 1. The van der Waals surface area contributed by atoms with Crippen LogP contribution in [0.4, 0.5) is 0 Å². The highest BCUT2D eigenvalue weighted by molar-refractivity contribution is 6.26. The summed E-state index contributed by atoms with van der Waals surface area (Å²) < 4.78 is 0. The zero-order chi connectivity index (χ0) is 38.5. The Balaban J connectivity index is 2.34. The van der Waals surface area contributed by atoms with Gasteiger partial charge in [-0.05, 0) is 43.6 Å². The number of carboxylic acid groups (broad SMARTS) is 1. The van der Waals surface area contributed by atoms with Crippen molar-refractivity contribution < 1.29 is 43.5 Å². The number of nitrogens with zero attached hydrogens (tertiary/aromatic N) is 2. The number of amides is 6. The quantitative estimate of drug-likeness (QED) is 0.0358. The topological polar surface area (TPSA) is 298 Å². The van der Waals surface area contributed by atoms with E-state index in [1.165, 1.54) is 0 Å². The van der Waals surface area contributed by atoms with E-state index in [9.17, 15) is 38.7 Å². The molecular weight excluding hydrogens is 680 g/mol. The minimum Gasteiger partial charge on any atom is -0.481 e. The molecule has 1 fully saturated rings. The summed E-state index contributed by atoms with van der Waals surface area (Å²) in [6, 6.07) is 3.36. The molecule has 1 aromatic rings. The van der Waals surface area contributed by atoms with Gasteiger partial charge in [-0.1, -0.05) is 49.3 Å². The van der Waals surface area contributed by atoms with Gasteiger partial charge in [0, 0.05) is 19.5 Å². The van der Waals surface area contributed by atoms with Crippen molar-refractivity contribution in [2.24, 2.45) is 27.5 Å². The second-order valence-corrected chi connectivity index (χ2v) is 12.5. The smallest absolute Gasteiger partial charge is 0.305 e. The summed E-state index contributed by atoms with van der Waals surface area (Å²) in [5.41, 5.74) is 11.4. The van der Waals surface area contributed by atoms with Crippen LogP contribution in [0.1, 0.15) is 57.9 Å². The molecule has 286 valence electrons. The van der Waals surface area contributed by atoms with Gasteiger partial charge in [-0.3, -0.25) is 38.6 Å². The number of hydrogen-bond donors (Lipinski definition) is 9. The van der Waals surface area contributed by atoms with E-state index in [1.54, 1.807) is 30.3 Å². The van der Waals surface area contributed by atoms with Crippen LogP contribution in [0.15, 0.2) is 40.5 Å². The van der Waals surface area contributed by atoms with Gasteiger partial charge in [-0.15, -0.1) is 0 Å². The second-order valence-electron chi connectivity index (χ2n) is 12.5. The molecule has 1 aromatic carbocycles. The molecule has 0 saturated carbocycles. The largest absolute Gasteiger partial charge is 0.481 e. The molecule has 19 heteroatoms. The highest BCUT2D eigenvalue weighted by Gasteiger charge is 2.33. The molecular formula is C33H50N10O9. The summed E-state index contributed by atoms with van der Waals surface area (Å²) in [7, 11) is 0. The Morgan fingerprint density at radius 1 is 0.885 bits per heavy atom. The molecule has 1 aliphatic rings. The predicted molar refractivity (Wildman–Crippen MR) is 189 cm³/mol. The first-order valence-corrected chi connectivity index (χ1v) is 17.0. The van der Waals surface area contributed by atoms with Gasteiger partial charge in [-0.25, -0.2) is 0 Å². The van der Waals surface area contributed by atoms with E-state index in [2.05, 4.69) is 42.0 Å². The number of aliphatic imine (C=N–C) groups is 1. The minimum absolute atomic E-state index is 0.0393. The fourth-order valence-corrected chi connectivity index (χ4v) is 4.84. The maximum Gasteiger partial charge on any atom is 0.305 e. The van der Waals surface area contributed by atoms with Gasteiger partial charge in [0.2, 0.25) is 29.5 Å². The summed E-state index contributed by atoms with van der Waals surface area (Å²) in [4.78, 5) is 99.4. The molecule has 2 rings (SSSR count). The first-order chi connectivity index (χ1) is 24.7. The first kappa shape index (κ1) is 42.4. The van der Waals surface area contributed by atoms with E-state index >= 15 is 0 Å². The maximum absolute atomic E-state index is 13.8. The summed E-state index contributed by atoms with van der Waals surface area (Å²) in [6.45, 7) is 3.93. The Morgan fingerprint density at radius 3 is 2.15 bits per heavy atom. The van der Waals surface area contributed by atoms with Gasteiger partial charge in [0.05, 0.1) is 13.0 Å². The number of oxime groups is 1. The number of unbranched alkanes of at least 4 members (excludes halogenated alkanes) is 1. The molecule has 1 saturated heterocycles. The average molecular weight is 731 g/mol. The molecule has 52 heavy (non-hydrogen) atoms. The monoisotopic (exact) mass is 730 g/mol. The zero-order valence-electron chi connectivity index (χ0n) is 29.4. The molecule has 0 bridgehead atoms. The number of carbonyl (C=O) groups excluding carboxylic acids is 6. The molecule has 0 spiro atoms. The Hall–Kier alpha value is -5.75. The molecule has 1 heterocycles. The fourth-order valence-electron chi connectivity index (χ4n) is 4.84. The lowest BCUT2D eigenvalue weighted by Gasteiger charge is -2.26. The van der Waals surface area contributed by atoms with E-state index in [0.29, 0.717) is 25.0 Å². The van der Waals surface area contributed by atoms with Gasteiger partial charge in [-0.2, -0.15) is 0 Å². The van der Waals surface area contributed by atoms with Crippen LogP contribution in [0, 0.1) is 5.92 Å². The Labute approximate surface area is 301 Å². The summed E-state index contributed by atoms with van der Waals surface area (Å²) in [6.07, 6.45) is 1.25. The van der Waals surface area contributed by atoms with E-state index < -0.39 is 78.5 Å². The standard InChI is InChI=1S/C33H50N10O9/c1-20(2)19-52-39-18-26(44)36-13-7-6-11-23-30(49)41-22(12-8-14-37-33(34)35)29(48)38-17-27(45)40-25(16-28(46)47)32(51)43-24(31(50)42-23)15-21-9-4-3-5-10-21/h3-5,9-10,18,20,22-25H,6-8,11-17,19H2,1-2H3,(H,36,44)(H,38,48)(H,40,45)(H,41,49)(H,42,50)(H,43,51)(H,46,47)(H4,34,35,37)/b39-18+/t22-,23-,24+,25-/m0/s1. The average Bonchev–Trinajstić information content (AvgIpc) is 3.08. The third kappa shape index (κ3) is 17.3. The fraction of sp³-hybridized carbons (Fsp3) is 0.545. The first-order valence-electron chi connectivity index (χ1n) is 17.0. The van der Waals surface area contributed by atoms with Crippen LogP contribution in [0.3, 0.4) is 0 Å². The van der Waals surface area contributed by atoms with Crippen LogP contribution in [-0.2, 0) is 44.8 Å². The number of aliphatic carboxylic acids is 1. The maximum atomic E-state index is 13.8. The predicted octanol–water partition coefficient (Wildman–Crippen LogP) is -2.23. The van der Waals surface area contributed by atoms with Gasteiger partial charge in [0.25, 0.3) is 5.91 Å². The third-order valence-electron chi connectivity index (χ3n) is 7.45. The lowest BCUT2D eigenvalue weighted by molar-refractivity contribution is -0.141. The Kier molecular flexibility index (Phi) is 18.7. The van der Waals surface area contributed by atoms with Crippen molar-refractivity contribution in [1.82, 2.24) is 31.9 Å². The minimum atomic E-state index is -1.59. The van der Waals surface area contributed by atoms with Crippen molar-refractivity contribution in [1.29, 1.82) is 0 Å². The van der Waals surface area contributed by atoms with E-state index in [4.69, 9.17) is 16.3 Å². The molecule has 11 N–H and O–H groups in total. The molecule has 0 aromatic heterocycles. The van der Waals surface area contributed by atoms with E-state index in [-0.39, 0.29) is 50.7 Å². The Bertz CT molecular complexity index is 1430. The highest BCUT2D eigenvalue weighted by Crippen LogP contribution is 2.09. The summed E-state index contributed by atoms with van der Waals surface area (Å²) in [5.74, 6) is -5.88. The summed E-state index contributed by atoms with van der Waals surface area (Å²) >= 11 is 0. The van der Waals surface area contributed by atoms with Gasteiger partial charge in [0.1, 0.15) is 37.0 Å². The van der Waals surface area contributed by atoms with Gasteiger partial charge in [0.15, 0.2) is 5.96 Å². The van der Waals surface area contributed by atoms with Crippen LogP contribution >= 0.6 is 0 Å². The van der Waals surface area contributed by atoms with Crippen molar-refractivity contribution >= 4 is 53.6 Å². The molecule has 4 atom stereocenters. The van der Waals surface area contributed by atoms with E-state index in [0.717, 1.165) is 6.21 Å². The third-order valence-corrected chi connectivity index (χ3v) is 7.45. The zero-order valence-corrected chi connectivity index (χ0v) is 29.4. The molecule has 0 unspecified atom stereocenters. The lowest BCUT2D eigenvalue weighted by atomic mass is 10.0. The summed E-state index contributed by atoms with van der Waals surface area (Å²) in [5, 5.41) is 28.2. The van der Waals surface area contributed by atoms with Crippen molar-refractivity contribution in [3.05, 3.63) is 35.9 Å². The molecule has 0 radical (unpaired) electrons. The van der Waals surface area contributed by atoms with Crippen LogP contribution in [-0.4, -0.2) is 109 Å². The molecule has 6 amide bonds. The number of nitrogens with two attached hydrogens (primary N) is 2. The van der Waals surface area contributed by atoms with Crippen molar-refractivity contribution in [2.75, 3.05) is 26.2 Å². The van der Waals surface area contributed by atoms with Gasteiger partial charge >= 0.3 is 5.97 Å². The van der Waals surface area contributed by atoms with Crippen LogP contribution in [0.25, 0.3) is 0 Å². The number of hydrogen-bond acceptors (Lipinski definition) is 10. The molecule has 0 aliphatic carbocycles. The lowest BCUT2D eigenvalue weighted by Crippen LogP contribution is -2.58. The number of nitrogens with one attached hydrogen (secondary N) is 6.